The standard InChI is InChI=1S/C20H13ClF3NO3S2/c21-13-5-7-14(8-6-13)30(27,28)16-10-29-19-15(9-17(26)25-18(16)19)11-1-3-12(4-2-11)20(22,23)24/h1-8,10,15H,9H2,(H,25,26)/t15-/m0/s1. The maximum Gasteiger partial charge on any atom is 0.416 e. The van der Waals surface area contributed by atoms with Crippen molar-refractivity contribution < 1.29 is 26.4 Å². The summed E-state index contributed by atoms with van der Waals surface area (Å²) in [5.41, 5.74) is -0.101. The Balaban J connectivity index is 1.76. The molecule has 1 aromatic heterocycles. The van der Waals surface area contributed by atoms with Crippen LogP contribution in [-0.4, -0.2) is 14.3 Å². The zero-order valence-electron chi connectivity index (χ0n) is 15.0. The van der Waals surface area contributed by atoms with Gasteiger partial charge in [0.2, 0.25) is 15.7 Å². The summed E-state index contributed by atoms with van der Waals surface area (Å²) in [4.78, 5) is 12.9. The molecule has 4 rings (SSSR count). The molecule has 2 heterocycles. The molecule has 0 saturated carbocycles. The number of hydrogen-bond donors (Lipinski definition) is 1. The minimum atomic E-state index is -4.46. The van der Waals surface area contributed by atoms with Gasteiger partial charge in [0.05, 0.1) is 16.1 Å². The number of benzene rings is 2. The number of hydrogen-bond acceptors (Lipinski definition) is 4. The summed E-state index contributed by atoms with van der Waals surface area (Å²) in [5.74, 6) is -0.937. The lowest BCUT2D eigenvalue weighted by molar-refractivity contribution is -0.137. The van der Waals surface area contributed by atoms with E-state index in [1.165, 1.54) is 41.8 Å². The zero-order valence-corrected chi connectivity index (χ0v) is 17.4. The highest BCUT2D eigenvalue weighted by molar-refractivity contribution is 7.91. The Morgan fingerprint density at radius 3 is 2.27 bits per heavy atom. The van der Waals surface area contributed by atoms with Crippen LogP contribution in [0.2, 0.25) is 5.02 Å². The van der Waals surface area contributed by atoms with Crippen molar-refractivity contribution in [3.05, 3.63) is 74.9 Å². The number of rotatable bonds is 3. The highest BCUT2D eigenvalue weighted by atomic mass is 35.5. The molecule has 0 unspecified atom stereocenters. The second kappa shape index (κ2) is 7.40. The Morgan fingerprint density at radius 2 is 1.67 bits per heavy atom. The zero-order chi connectivity index (χ0) is 21.7. The van der Waals surface area contributed by atoms with Crippen LogP contribution in [-0.2, 0) is 20.8 Å². The summed E-state index contributed by atoms with van der Waals surface area (Å²) >= 11 is 6.98. The molecule has 1 amide bonds. The summed E-state index contributed by atoms with van der Waals surface area (Å²) in [6.07, 6.45) is -4.45. The molecule has 156 valence electrons. The highest BCUT2D eigenvalue weighted by Gasteiger charge is 2.35. The maximum atomic E-state index is 13.1. The molecule has 1 aliphatic rings. The third-order valence-corrected chi connectivity index (χ3v) is 8.10. The van der Waals surface area contributed by atoms with E-state index in [1.807, 2.05) is 0 Å². The van der Waals surface area contributed by atoms with Gasteiger partial charge in [-0.05, 0) is 42.0 Å². The number of amides is 1. The van der Waals surface area contributed by atoms with Crippen LogP contribution in [0.3, 0.4) is 0 Å². The number of anilines is 1. The molecule has 0 radical (unpaired) electrons. The molecular formula is C20H13ClF3NO3S2. The fraction of sp³-hybridized carbons (Fsp3) is 0.150. The fourth-order valence-electron chi connectivity index (χ4n) is 3.32. The monoisotopic (exact) mass is 471 g/mol. The lowest BCUT2D eigenvalue weighted by Crippen LogP contribution is -2.23. The molecule has 0 bridgehead atoms. The first-order chi connectivity index (χ1) is 14.1. The number of nitrogens with one attached hydrogen (secondary N) is 1. The first-order valence-corrected chi connectivity index (χ1v) is 11.4. The quantitative estimate of drug-likeness (QED) is 0.530. The van der Waals surface area contributed by atoms with Crippen molar-refractivity contribution in [2.75, 3.05) is 5.32 Å². The lowest BCUT2D eigenvalue weighted by Gasteiger charge is -2.24. The molecule has 4 nitrogen and oxygen atoms in total. The van der Waals surface area contributed by atoms with Gasteiger partial charge in [0.25, 0.3) is 0 Å². The van der Waals surface area contributed by atoms with Crippen LogP contribution in [0.15, 0.2) is 63.7 Å². The third-order valence-electron chi connectivity index (χ3n) is 4.81. The Labute approximate surface area is 179 Å². The van der Waals surface area contributed by atoms with Gasteiger partial charge in [-0.3, -0.25) is 4.79 Å². The van der Waals surface area contributed by atoms with Gasteiger partial charge in [-0.15, -0.1) is 11.3 Å². The van der Waals surface area contributed by atoms with E-state index in [4.69, 9.17) is 11.6 Å². The summed E-state index contributed by atoms with van der Waals surface area (Å²) in [5, 5.41) is 4.45. The van der Waals surface area contributed by atoms with E-state index >= 15 is 0 Å². The molecule has 0 aliphatic carbocycles. The van der Waals surface area contributed by atoms with E-state index in [0.717, 1.165) is 23.5 Å². The molecular weight excluding hydrogens is 459 g/mol. The van der Waals surface area contributed by atoms with Gasteiger partial charge in [-0.1, -0.05) is 23.7 Å². The molecule has 10 heteroatoms. The van der Waals surface area contributed by atoms with E-state index in [-0.39, 0.29) is 21.9 Å². The summed E-state index contributed by atoms with van der Waals surface area (Å²) in [7, 11) is -3.92. The number of carbonyl (C=O) groups excluding carboxylic acids is 1. The molecule has 0 saturated heterocycles. The summed E-state index contributed by atoms with van der Waals surface area (Å²) in [6, 6.07) is 10.2. The van der Waals surface area contributed by atoms with Crippen molar-refractivity contribution in [2.24, 2.45) is 0 Å². The van der Waals surface area contributed by atoms with Crippen molar-refractivity contribution in [1.82, 2.24) is 0 Å². The van der Waals surface area contributed by atoms with Crippen molar-refractivity contribution in [3.8, 4) is 0 Å². The van der Waals surface area contributed by atoms with Gasteiger partial charge in [0.1, 0.15) is 4.90 Å². The van der Waals surface area contributed by atoms with E-state index in [2.05, 4.69) is 5.32 Å². The van der Waals surface area contributed by atoms with Gasteiger partial charge in [0, 0.05) is 27.6 Å². The Bertz CT molecular complexity index is 1220. The van der Waals surface area contributed by atoms with Crippen molar-refractivity contribution >= 4 is 44.4 Å². The maximum absolute atomic E-state index is 13.1. The molecule has 0 spiro atoms. The number of fused-ring (bicyclic) bond motifs is 1. The minimum absolute atomic E-state index is 0.0132. The first kappa shape index (κ1) is 20.9. The highest BCUT2D eigenvalue weighted by Crippen LogP contribution is 2.46. The van der Waals surface area contributed by atoms with Gasteiger partial charge in [-0.25, -0.2) is 8.42 Å². The van der Waals surface area contributed by atoms with Gasteiger partial charge < -0.3 is 5.32 Å². The molecule has 1 atom stereocenters. The first-order valence-electron chi connectivity index (χ1n) is 8.66. The third kappa shape index (κ3) is 3.73. The van der Waals surface area contributed by atoms with E-state index in [0.29, 0.717) is 15.5 Å². The Morgan fingerprint density at radius 1 is 1.03 bits per heavy atom. The number of thiophene rings is 1. The van der Waals surface area contributed by atoms with Crippen LogP contribution >= 0.6 is 22.9 Å². The topological polar surface area (TPSA) is 63.2 Å². The van der Waals surface area contributed by atoms with Crippen LogP contribution in [0.4, 0.5) is 18.9 Å². The second-order valence-electron chi connectivity index (χ2n) is 6.72. The number of halogens is 4. The average Bonchev–Trinajstić information content (AvgIpc) is 3.11. The SMILES string of the molecule is O=C1C[C@@H](c2ccc(C(F)(F)F)cc2)c2scc(S(=O)(=O)c3ccc(Cl)cc3)c2N1. The number of carbonyl (C=O) groups is 1. The average molecular weight is 472 g/mol. The Kier molecular flexibility index (Phi) is 5.16. The van der Waals surface area contributed by atoms with Crippen LogP contribution in [0.1, 0.15) is 28.3 Å². The predicted octanol–water partition coefficient (Wildman–Crippen LogP) is 5.73. The van der Waals surface area contributed by atoms with Crippen molar-refractivity contribution in [3.63, 3.8) is 0 Å². The van der Waals surface area contributed by atoms with Gasteiger partial charge >= 0.3 is 6.18 Å². The molecule has 0 fully saturated rings. The van der Waals surface area contributed by atoms with Crippen LogP contribution in [0.25, 0.3) is 0 Å². The fourth-order valence-corrected chi connectivity index (χ4v) is 6.35. The summed E-state index contributed by atoms with van der Waals surface area (Å²) in [6.45, 7) is 0. The van der Waals surface area contributed by atoms with Gasteiger partial charge in [-0.2, -0.15) is 13.2 Å². The van der Waals surface area contributed by atoms with E-state index < -0.39 is 33.4 Å². The molecule has 30 heavy (non-hydrogen) atoms. The molecule has 3 aromatic rings. The normalized spacial score (nSPS) is 16.8. The second-order valence-corrected chi connectivity index (χ2v) is 9.99. The number of sulfone groups is 1. The van der Waals surface area contributed by atoms with E-state index in [1.54, 1.807) is 0 Å². The molecule has 1 aliphatic heterocycles. The van der Waals surface area contributed by atoms with E-state index in [9.17, 15) is 26.4 Å². The van der Waals surface area contributed by atoms with Gasteiger partial charge in [0.15, 0.2) is 0 Å². The van der Waals surface area contributed by atoms with Crippen LogP contribution in [0.5, 0.6) is 0 Å². The largest absolute Gasteiger partial charge is 0.416 e. The Hall–Kier alpha value is -2.36. The minimum Gasteiger partial charge on any atom is -0.324 e. The van der Waals surface area contributed by atoms with Crippen LogP contribution < -0.4 is 5.32 Å². The molecule has 1 N–H and O–H groups in total. The lowest BCUT2D eigenvalue weighted by atomic mass is 9.90. The summed E-state index contributed by atoms with van der Waals surface area (Å²) < 4.78 is 64.7. The van der Waals surface area contributed by atoms with Crippen LogP contribution in [0, 0.1) is 0 Å². The molecule has 2 aromatic carbocycles. The smallest absolute Gasteiger partial charge is 0.324 e. The van der Waals surface area contributed by atoms with Crippen molar-refractivity contribution in [1.29, 1.82) is 0 Å². The number of alkyl halides is 3. The van der Waals surface area contributed by atoms with Crippen molar-refractivity contribution in [2.45, 2.75) is 28.3 Å². The predicted molar refractivity (Wildman–Crippen MR) is 108 cm³/mol.